The van der Waals surface area contributed by atoms with Gasteiger partial charge in [-0.3, -0.25) is 14.6 Å². The SMILES string of the molecule is CCCN(CCC)C(=O)CCN(Cc1cccnc1)C(C)=O. The number of hydrogen-bond donors (Lipinski definition) is 0. The lowest BCUT2D eigenvalue weighted by molar-refractivity contribution is -0.133. The van der Waals surface area contributed by atoms with Crippen molar-refractivity contribution in [2.45, 2.75) is 46.6 Å². The third-order valence-electron chi connectivity index (χ3n) is 3.48. The second-order valence-corrected chi connectivity index (χ2v) is 5.43. The Labute approximate surface area is 133 Å². The first kappa shape index (κ1) is 18.1. The summed E-state index contributed by atoms with van der Waals surface area (Å²) >= 11 is 0. The quantitative estimate of drug-likeness (QED) is 0.704. The van der Waals surface area contributed by atoms with Gasteiger partial charge in [-0.15, -0.1) is 0 Å². The van der Waals surface area contributed by atoms with E-state index < -0.39 is 0 Å². The molecule has 0 spiro atoms. The number of carbonyl (C=O) groups is 2. The van der Waals surface area contributed by atoms with E-state index in [9.17, 15) is 9.59 Å². The zero-order chi connectivity index (χ0) is 16.4. The molecule has 0 saturated carbocycles. The van der Waals surface area contributed by atoms with Gasteiger partial charge >= 0.3 is 0 Å². The molecule has 5 heteroatoms. The maximum atomic E-state index is 12.3. The van der Waals surface area contributed by atoms with Crippen LogP contribution >= 0.6 is 0 Å². The van der Waals surface area contributed by atoms with Crippen molar-refractivity contribution < 1.29 is 9.59 Å². The van der Waals surface area contributed by atoms with Gasteiger partial charge in [0.25, 0.3) is 0 Å². The average molecular weight is 305 g/mol. The van der Waals surface area contributed by atoms with Crippen molar-refractivity contribution in [3.63, 3.8) is 0 Å². The van der Waals surface area contributed by atoms with Crippen LogP contribution in [0.5, 0.6) is 0 Å². The lowest BCUT2D eigenvalue weighted by Crippen LogP contribution is -2.36. The number of pyridine rings is 1. The zero-order valence-electron chi connectivity index (χ0n) is 13.9. The fourth-order valence-corrected chi connectivity index (χ4v) is 2.35. The first-order valence-corrected chi connectivity index (χ1v) is 8.00. The first-order valence-electron chi connectivity index (χ1n) is 8.00. The Hall–Kier alpha value is -1.91. The van der Waals surface area contributed by atoms with Gasteiger partial charge in [0.15, 0.2) is 0 Å². The summed E-state index contributed by atoms with van der Waals surface area (Å²) in [7, 11) is 0. The number of carbonyl (C=O) groups excluding carboxylic acids is 2. The first-order chi connectivity index (χ1) is 10.6. The van der Waals surface area contributed by atoms with Gasteiger partial charge < -0.3 is 9.80 Å². The Morgan fingerprint density at radius 2 is 1.77 bits per heavy atom. The fraction of sp³-hybridized carbons (Fsp3) is 0.588. The number of amides is 2. The predicted octanol–water partition coefficient (Wildman–Crippen LogP) is 2.47. The molecule has 0 N–H and O–H groups in total. The van der Waals surface area contributed by atoms with E-state index in [0.29, 0.717) is 19.5 Å². The molecular formula is C17H27N3O2. The minimum Gasteiger partial charge on any atom is -0.343 e. The van der Waals surface area contributed by atoms with Crippen LogP contribution in [0.4, 0.5) is 0 Å². The van der Waals surface area contributed by atoms with E-state index in [0.717, 1.165) is 31.5 Å². The molecule has 2 amide bonds. The van der Waals surface area contributed by atoms with Crippen molar-refractivity contribution in [3.05, 3.63) is 30.1 Å². The Bertz CT molecular complexity index is 456. The third-order valence-corrected chi connectivity index (χ3v) is 3.48. The molecule has 1 rings (SSSR count). The van der Waals surface area contributed by atoms with Crippen molar-refractivity contribution in [3.8, 4) is 0 Å². The van der Waals surface area contributed by atoms with Crippen LogP contribution in [0.2, 0.25) is 0 Å². The van der Waals surface area contributed by atoms with Gasteiger partial charge in [-0.1, -0.05) is 19.9 Å². The molecule has 0 radical (unpaired) electrons. The van der Waals surface area contributed by atoms with Gasteiger partial charge in [0.05, 0.1) is 0 Å². The van der Waals surface area contributed by atoms with Crippen LogP contribution in [-0.2, 0) is 16.1 Å². The molecule has 0 saturated heterocycles. The number of hydrogen-bond acceptors (Lipinski definition) is 3. The van der Waals surface area contributed by atoms with E-state index >= 15 is 0 Å². The van der Waals surface area contributed by atoms with E-state index in [1.54, 1.807) is 17.3 Å². The van der Waals surface area contributed by atoms with Crippen LogP contribution in [0.1, 0.15) is 45.6 Å². The smallest absolute Gasteiger partial charge is 0.224 e. The minimum absolute atomic E-state index is 0.0193. The third kappa shape index (κ3) is 6.24. The topological polar surface area (TPSA) is 53.5 Å². The highest BCUT2D eigenvalue weighted by Gasteiger charge is 2.15. The highest BCUT2D eigenvalue weighted by molar-refractivity contribution is 5.78. The van der Waals surface area contributed by atoms with Crippen molar-refractivity contribution >= 4 is 11.8 Å². The Balaban J connectivity index is 2.56. The average Bonchev–Trinajstić information content (AvgIpc) is 2.51. The van der Waals surface area contributed by atoms with E-state index in [-0.39, 0.29) is 11.8 Å². The maximum Gasteiger partial charge on any atom is 0.224 e. The zero-order valence-corrected chi connectivity index (χ0v) is 13.9. The standard InChI is InChI=1S/C17H27N3O2/c1-4-10-19(11-5-2)17(22)8-12-20(15(3)21)14-16-7-6-9-18-13-16/h6-7,9,13H,4-5,8,10-12,14H2,1-3H3. The van der Waals surface area contributed by atoms with Gasteiger partial charge in [-0.2, -0.15) is 0 Å². The lowest BCUT2D eigenvalue weighted by atomic mass is 10.2. The molecule has 0 atom stereocenters. The fourth-order valence-electron chi connectivity index (χ4n) is 2.35. The summed E-state index contributed by atoms with van der Waals surface area (Å²) in [6, 6.07) is 3.79. The van der Waals surface area contributed by atoms with E-state index in [1.807, 2.05) is 17.0 Å². The summed E-state index contributed by atoms with van der Waals surface area (Å²) < 4.78 is 0. The number of rotatable bonds is 9. The molecule has 0 unspecified atom stereocenters. The van der Waals surface area contributed by atoms with Gasteiger partial charge in [0.2, 0.25) is 11.8 Å². The van der Waals surface area contributed by atoms with Gasteiger partial charge in [-0.05, 0) is 24.5 Å². The van der Waals surface area contributed by atoms with Crippen molar-refractivity contribution in [1.29, 1.82) is 0 Å². The summed E-state index contributed by atoms with van der Waals surface area (Å²) in [6.07, 6.45) is 5.74. The second-order valence-electron chi connectivity index (χ2n) is 5.43. The van der Waals surface area contributed by atoms with Crippen molar-refractivity contribution in [1.82, 2.24) is 14.8 Å². The maximum absolute atomic E-state index is 12.3. The van der Waals surface area contributed by atoms with Crippen LogP contribution in [0.15, 0.2) is 24.5 Å². The van der Waals surface area contributed by atoms with Crippen LogP contribution in [-0.4, -0.2) is 46.2 Å². The van der Waals surface area contributed by atoms with Gasteiger partial charge in [0, 0.05) is 51.9 Å². The van der Waals surface area contributed by atoms with Crippen LogP contribution in [0, 0.1) is 0 Å². The predicted molar refractivity (Wildman–Crippen MR) is 87.1 cm³/mol. The summed E-state index contributed by atoms with van der Waals surface area (Å²) in [6.45, 7) is 8.20. The van der Waals surface area contributed by atoms with E-state index in [4.69, 9.17) is 0 Å². The van der Waals surface area contributed by atoms with Crippen LogP contribution in [0.3, 0.4) is 0 Å². The Kier molecular flexibility index (Phi) is 8.18. The molecule has 0 fully saturated rings. The molecule has 1 heterocycles. The molecular weight excluding hydrogens is 278 g/mol. The largest absolute Gasteiger partial charge is 0.343 e. The van der Waals surface area contributed by atoms with Crippen molar-refractivity contribution in [2.24, 2.45) is 0 Å². The van der Waals surface area contributed by atoms with E-state index in [1.165, 1.54) is 6.92 Å². The number of nitrogens with zero attached hydrogens (tertiary/aromatic N) is 3. The second kappa shape index (κ2) is 9.92. The number of aromatic nitrogens is 1. The van der Waals surface area contributed by atoms with E-state index in [2.05, 4.69) is 18.8 Å². The molecule has 0 aliphatic rings. The molecule has 122 valence electrons. The molecule has 1 aromatic heterocycles. The summed E-state index contributed by atoms with van der Waals surface area (Å²) in [5.41, 5.74) is 0.976. The molecule has 1 aromatic rings. The summed E-state index contributed by atoms with van der Waals surface area (Å²) in [5, 5.41) is 0. The van der Waals surface area contributed by atoms with Crippen LogP contribution < -0.4 is 0 Å². The monoisotopic (exact) mass is 305 g/mol. The summed E-state index contributed by atoms with van der Waals surface area (Å²) in [4.78, 5) is 31.7. The molecule has 0 aliphatic carbocycles. The Morgan fingerprint density at radius 1 is 1.09 bits per heavy atom. The lowest BCUT2D eigenvalue weighted by Gasteiger charge is -2.25. The highest BCUT2D eigenvalue weighted by atomic mass is 16.2. The van der Waals surface area contributed by atoms with Crippen molar-refractivity contribution in [2.75, 3.05) is 19.6 Å². The molecule has 5 nitrogen and oxygen atoms in total. The molecule has 0 aliphatic heterocycles. The van der Waals surface area contributed by atoms with Crippen LogP contribution in [0.25, 0.3) is 0 Å². The van der Waals surface area contributed by atoms with Gasteiger partial charge in [0.1, 0.15) is 0 Å². The molecule has 22 heavy (non-hydrogen) atoms. The molecule has 0 bridgehead atoms. The molecule has 0 aromatic carbocycles. The Morgan fingerprint density at radius 3 is 2.27 bits per heavy atom. The highest BCUT2D eigenvalue weighted by Crippen LogP contribution is 2.06. The normalized spacial score (nSPS) is 10.3. The summed E-state index contributed by atoms with van der Waals surface area (Å²) in [5.74, 6) is 0.107. The van der Waals surface area contributed by atoms with Gasteiger partial charge in [-0.25, -0.2) is 0 Å². The minimum atomic E-state index is -0.0193.